The average molecular weight is 478 g/mol. The first-order valence-electron chi connectivity index (χ1n) is 11.4. The van der Waals surface area contributed by atoms with Crippen molar-refractivity contribution in [2.75, 3.05) is 11.9 Å². The van der Waals surface area contributed by atoms with Gasteiger partial charge in [0.25, 0.3) is 5.91 Å². The van der Waals surface area contributed by atoms with Crippen molar-refractivity contribution < 1.29 is 19.1 Å². The minimum atomic E-state index is -1.41. The Balaban J connectivity index is 1.31. The number of hydrogen-bond acceptors (Lipinski definition) is 4. The lowest BCUT2D eigenvalue weighted by Crippen LogP contribution is -2.45. The molecule has 0 aromatic heterocycles. The molecular weight excluding hydrogens is 454 g/mol. The van der Waals surface area contributed by atoms with E-state index < -0.39 is 29.9 Å². The zero-order valence-corrected chi connectivity index (χ0v) is 19.3. The molecule has 1 heterocycles. The van der Waals surface area contributed by atoms with E-state index in [4.69, 9.17) is 4.74 Å². The molecule has 0 radical (unpaired) electrons. The summed E-state index contributed by atoms with van der Waals surface area (Å²) in [6.07, 6.45) is 0. The second-order valence-corrected chi connectivity index (χ2v) is 8.29. The molecular formula is C29H23N3O4. The quantitative estimate of drug-likeness (QED) is 0.370. The van der Waals surface area contributed by atoms with Gasteiger partial charge in [-0.2, -0.15) is 0 Å². The minimum absolute atomic E-state index is 0.422. The smallest absolute Gasteiger partial charge is 0.326 e. The Hall–Kier alpha value is -4.91. The number of hydrogen-bond donors (Lipinski definition) is 2. The number of benzene rings is 4. The van der Waals surface area contributed by atoms with Crippen molar-refractivity contribution in [2.45, 2.75) is 5.54 Å². The van der Waals surface area contributed by atoms with Crippen molar-refractivity contribution in [3.05, 3.63) is 126 Å². The van der Waals surface area contributed by atoms with Gasteiger partial charge in [-0.1, -0.05) is 78.9 Å². The number of carbonyl (C=O) groups excluding carboxylic acids is 3. The summed E-state index contributed by atoms with van der Waals surface area (Å²) in [6, 6.07) is 33.6. The van der Waals surface area contributed by atoms with Gasteiger partial charge in [-0.3, -0.25) is 14.5 Å². The molecule has 0 saturated carbocycles. The van der Waals surface area contributed by atoms with Gasteiger partial charge >= 0.3 is 6.03 Å². The lowest BCUT2D eigenvalue weighted by molar-refractivity contribution is -0.133. The molecule has 1 fully saturated rings. The molecule has 5 rings (SSSR count). The highest BCUT2D eigenvalue weighted by atomic mass is 16.5. The molecule has 0 unspecified atom stereocenters. The summed E-state index contributed by atoms with van der Waals surface area (Å²) in [5.41, 5.74) is 0.346. The van der Waals surface area contributed by atoms with Gasteiger partial charge in [0.1, 0.15) is 18.0 Å². The van der Waals surface area contributed by atoms with E-state index in [0.29, 0.717) is 28.3 Å². The Bertz CT molecular complexity index is 1340. The maximum atomic E-state index is 13.7. The molecule has 4 aromatic carbocycles. The standard InChI is InChI=1S/C29H23N3O4/c33-26(30-23-16-18-25(19-17-23)36-24-14-8-3-9-15-24)20-32-27(34)29(31-28(32)35,21-10-4-1-5-11-21)22-12-6-2-7-13-22/h1-19H,20H2,(H,30,33)(H,31,35). The van der Waals surface area contributed by atoms with Crippen molar-refractivity contribution in [3.8, 4) is 11.5 Å². The van der Waals surface area contributed by atoms with Gasteiger partial charge in [0.15, 0.2) is 5.54 Å². The Kier molecular flexibility index (Phi) is 6.19. The minimum Gasteiger partial charge on any atom is -0.457 e. The van der Waals surface area contributed by atoms with Crippen LogP contribution in [0, 0.1) is 0 Å². The molecule has 0 spiro atoms. The number of imide groups is 1. The number of rotatable bonds is 7. The second-order valence-electron chi connectivity index (χ2n) is 8.29. The predicted octanol–water partition coefficient (Wildman–Crippen LogP) is 4.91. The van der Waals surface area contributed by atoms with Crippen LogP contribution in [0.1, 0.15) is 11.1 Å². The number of carbonyl (C=O) groups is 3. The van der Waals surface area contributed by atoms with Crippen molar-refractivity contribution in [2.24, 2.45) is 0 Å². The Morgan fingerprint density at radius 2 is 1.22 bits per heavy atom. The number of amides is 4. The van der Waals surface area contributed by atoms with E-state index in [1.165, 1.54) is 0 Å². The van der Waals surface area contributed by atoms with Gasteiger partial charge in [-0.25, -0.2) is 4.79 Å². The van der Waals surface area contributed by atoms with Crippen LogP contribution < -0.4 is 15.4 Å². The molecule has 0 aliphatic carbocycles. The molecule has 36 heavy (non-hydrogen) atoms. The Morgan fingerprint density at radius 1 is 0.722 bits per heavy atom. The van der Waals surface area contributed by atoms with E-state index in [1.807, 2.05) is 42.5 Å². The third-order valence-corrected chi connectivity index (χ3v) is 5.94. The summed E-state index contributed by atoms with van der Waals surface area (Å²) < 4.78 is 5.76. The van der Waals surface area contributed by atoms with Crippen LogP contribution in [0.3, 0.4) is 0 Å². The molecule has 7 heteroatoms. The third kappa shape index (κ3) is 4.42. The predicted molar refractivity (Wildman–Crippen MR) is 135 cm³/mol. The summed E-state index contributed by atoms with van der Waals surface area (Å²) in [5.74, 6) is 0.316. The first-order chi connectivity index (χ1) is 17.6. The van der Waals surface area contributed by atoms with Crippen molar-refractivity contribution in [1.82, 2.24) is 10.2 Å². The number of anilines is 1. The summed E-state index contributed by atoms with van der Waals surface area (Å²) in [5, 5.41) is 5.58. The fraction of sp³-hybridized carbons (Fsp3) is 0.0690. The SMILES string of the molecule is O=C(CN1C(=O)NC(c2ccccc2)(c2ccccc2)C1=O)Nc1ccc(Oc2ccccc2)cc1. The lowest BCUT2D eigenvalue weighted by atomic mass is 9.82. The molecule has 1 aliphatic rings. The summed E-state index contributed by atoms with van der Waals surface area (Å²) in [6.45, 7) is -0.422. The van der Waals surface area contributed by atoms with Crippen molar-refractivity contribution >= 4 is 23.5 Å². The van der Waals surface area contributed by atoms with Crippen LogP contribution >= 0.6 is 0 Å². The van der Waals surface area contributed by atoms with E-state index >= 15 is 0 Å². The van der Waals surface area contributed by atoms with Crippen LogP contribution in [-0.4, -0.2) is 29.3 Å². The van der Waals surface area contributed by atoms with Gasteiger partial charge in [0.05, 0.1) is 0 Å². The van der Waals surface area contributed by atoms with Crippen LogP contribution in [0.4, 0.5) is 10.5 Å². The Morgan fingerprint density at radius 3 is 1.78 bits per heavy atom. The summed E-state index contributed by atoms with van der Waals surface area (Å²) in [4.78, 5) is 40.4. The molecule has 0 bridgehead atoms. The number of para-hydroxylation sites is 1. The molecule has 1 aliphatic heterocycles. The van der Waals surface area contributed by atoms with E-state index in [0.717, 1.165) is 4.90 Å². The van der Waals surface area contributed by atoms with Gasteiger partial charge in [-0.05, 0) is 47.5 Å². The van der Waals surface area contributed by atoms with Gasteiger partial charge in [0.2, 0.25) is 5.91 Å². The number of nitrogens with zero attached hydrogens (tertiary/aromatic N) is 1. The lowest BCUT2D eigenvalue weighted by Gasteiger charge is -2.28. The van der Waals surface area contributed by atoms with Gasteiger partial charge < -0.3 is 15.4 Å². The first-order valence-corrected chi connectivity index (χ1v) is 11.4. The maximum Gasteiger partial charge on any atom is 0.326 e. The molecule has 7 nitrogen and oxygen atoms in total. The maximum absolute atomic E-state index is 13.7. The molecule has 4 amide bonds. The van der Waals surface area contributed by atoms with Crippen LogP contribution in [0.2, 0.25) is 0 Å². The average Bonchev–Trinajstić information content (AvgIpc) is 3.17. The fourth-order valence-corrected chi connectivity index (χ4v) is 4.23. The monoisotopic (exact) mass is 477 g/mol. The van der Waals surface area contributed by atoms with Crippen LogP contribution in [0.15, 0.2) is 115 Å². The molecule has 2 N–H and O–H groups in total. The van der Waals surface area contributed by atoms with Gasteiger partial charge in [-0.15, -0.1) is 0 Å². The normalized spacial score (nSPS) is 14.3. The molecule has 0 atom stereocenters. The fourth-order valence-electron chi connectivity index (χ4n) is 4.23. The van der Waals surface area contributed by atoms with E-state index in [2.05, 4.69) is 10.6 Å². The third-order valence-electron chi connectivity index (χ3n) is 5.94. The zero-order valence-electron chi connectivity index (χ0n) is 19.3. The highest BCUT2D eigenvalue weighted by Gasteiger charge is 2.54. The molecule has 178 valence electrons. The van der Waals surface area contributed by atoms with Crippen LogP contribution in [-0.2, 0) is 15.1 Å². The first kappa shape index (κ1) is 22.9. The number of urea groups is 1. The second kappa shape index (κ2) is 9.76. The summed E-state index contributed by atoms with van der Waals surface area (Å²) in [7, 11) is 0. The van der Waals surface area contributed by atoms with Crippen molar-refractivity contribution in [1.29, 1.82) is 0 Å². The number of ether oxygens (including phenoxy) is 1. The largest absolute Gasteiger partial charge is 0.457 e. The zero-order chi connectivity index (χ0) is 25.0. The van der Waals surface area contributed by atoms with E-state index in [9.17, 15) is 14.4 Å². The molecule has 4 aromatic rings. The highest BCUT2D eigenvalue weighted by Crippen LogP contribution is 2.36. The van der Waals surface area contributed by atoms with Crippen LogP contribution in [0.5, 0.6) is 11.5 Å². The number of nitrogens with one attached hydrogen (secondary N) is 2. The van der Waals surface area contributed by atoms with E-state index in [1.54, 1.807) is 72.8 Å². The van der Waals surface area contributed by atoms with Gasteiger partial charge in [0, 0.05) is 5.69 Å². The van der Waals surface area contributed by atoms with Crippen LogP contribution in [0.25, 0.3) is 0 Å². The Labute approximate surface area is 208 Å². The topological polar surface area (TPSA) is 87.7 Å². The summed E-state index contributed by atoms with van der Waals surface area (Å²) >= 11 is 0. The highest BCUT2D eigenvalue weighted by molar-refractivity contribution is 6.12. The van der Waals surface area contributed by atoms with E-state index in [-0.39, 0.29) is 0 Å². The molecule has 1 saturated heterocycles. The van der Waals surface area contributed by atoms with Crippen molar-refractivity contribution in [3.63, 3.8) is 0 Å².